The average molecular weight is 299 g/mol. The lowest BCUT2D eigenvalue weighted by Crippen LogP contribution is -2.54. The van der Waals surface area contributed by atoms with Crippen molar-refractivity contribution >= 4 is 5.91 Å². The van der Waals surface area contributed by atoms with E-state index in [0.717, 1.165) is 52.1 Å². The molecule has 1 fully saturated rings. The van der Waals surface area contributed by atoms with Crippen molar-refractivity contribution in [3.05, 3.63) is 0 Å². The molecule has 5 nitrogen and oxygen atoms in total. The number of carbonyl (C=O) groups excluding carboxylic acids is 1. The van der Waals surface area contributed by atoms with Gasteiger partial charge in [0.25, 0.3) is 0 Å². The van der Waals surface area contributed by atoms with Crippen LogP contribution in [0.25, 0.3) is 0 Å². The number of nitrogens with two attached hydrogens (primary N) is 1. The van der Waals surface area contributed by atoms with Crippen LogP contribution < -0.4 is 11.1 Å². The van der Waals surface area contributed by atoms with E-state index in [1.165, 1.54) is 12.8 Å². The summed E-state index contributed by atoms with van der Waals surface area (Å²) in [6.45, 7) is 10.8. The van der Waals surface area contributed by atoms with E-state index in [0.29, 0.717) is 6.04 Å². The van der Waals surface area contributed by atoms with Crippen LogP contribution in [0.3, 0.4) is 0 Å². The Labute approximate surface area is 129 Å². The number of hydrogen-bond acceptors (Lipinski definition) is 4. The van der Waals surface area contributed by atoms with Crippen molar-refractivity contribution in [2.75, 3.05) is 32.8 Å². The highest BCUT2D eigenvalue weighted by Gasteiger charge is 2.36. The molecule has 21 heavy (non-hydrogen) atoms. The number of rotatable bonds is 13. The van der Waals surface area contributed by atoms with Crippen LogP contribution in [0.5, 0.6) is 0 Å². The molecule has 5 heteroatoms. The number of hydrogen-bond donors (Lipinski definition) is 2. The molecule has 0 aromatic heterocycles. The van der Waals surface area contributed by atoms with Crippen LogP contribution in [0.1, 0.15) is 52.9 Å². The third-order valence-electron chi connectivity index (χ3n) is 4.25. The number of unbranched alkanes of at least 4 members (excludes halogenated alkanes) is 1. The summed E-state index contributed by atoms with van der Waals surface area (Å²) in [5, 5.41) is 3.40. The van der Waals surface area contributed by atoms with Crippen molar-refractivity contribution in [2.45, 2.75) is 64.5 Å². The summed E-state index contributed by atoms with van der Waals surface area (Å²) in [6, 6.07) is 0.501. The molecule has 0 spiro atoms. The Morgan fingerprint density at radius 3 is 2.57 bits per heavy atom. The molecule has 3 N–H and O–H groups in total. The zero-order chi connectivity index (χ0) is 15.7. The van der Waals surface area contributed by atoms with E-state index in [1.807, 2.05) is 13.8 Å². The average Bonchev–Trinajstić information content (AvgIpc) is 3.25. The minimum atomic E-state index is -0.538. The van der Waals surface area contributed by atoms with Crippen molar-refractivity contribution in [3.63, 3.8) is 0 Å². The summed E-state index contributed by atoms with van der Waals surface area (Å²) < 4.78 is 5.40. The second-order valence-electron chi connectivity index (χ2n) is 6.20. The van der Waals surface area contributed by atoms with Crippen molar-refractivity contribution in [2.24, 2.45) is 5.73 Å². The molecule has 1 unspecified atom stereocenters. The van der Waals surface area contributed by atoms with Crippen LogP contribution in [-0.4, -0.2) is 55.2 Å². The zero-order valence-electron chi connectivity index (χ0n) is 14.0. The predicted molar refractivity (Wildman–Crippen MR) is 86.2 cm³/mol. The van der Waals surface area contributed by atoms with Gasteiger partial charge in [0.05, 0.1) is 12.1 Å². The number of carbonyl (C=O) groups is 1. The first-order valence-corrected chi connectivity index (χ1v) is 8.39. The van der Waals surface area contributed by atoms with E-state index in [-0.39, 0.29) is 5.91 Å². The summed E-state index contributed by atoms with van der Waals surface area (Å²) in [7, 11) is 0. The number of likely N-dealkylation sites (N-methyl/N-ethyl adjacent to an activating group) is 1. The lowest BCUT2D eigenvalue weighted by atomic mass is 9.93. The monoisotopic (exact) mass is 299 g/mol. The Kier molecular flexibility index (Phi) is 8.22. The molecule has 1 atom stereocenters. The Morgan fingerprint density at radius 2 is 2.05 bits per heavy atom. The van der Waals surface area contributed by atoms with E-state index in [9.17, 15) is 4.79 Å². The molecule has 0 bridgehead atoms. The highest BCUT2D eigenvalue weighted by Crippen LogP contribution is 2.25. The minimum absolute atomic E-state index is 0.224. The lowest BCUT2D eigenvalue weighted by molar-refractivity contribution is -0.124. The third-order valence-corrected chi connectivity index (χ3v) is 4.25. The summed E-state index contributed by atoms with van der Waals surface area (Å²) >= 11 is 0. The van der Waals surface area contributed by atoms with Crippen LogP contribution in [-0.2, 0) is 9.53 Å². The van der Waals surface area contributed by atoms with Crippen LogP contribution >= 0.6 is 0 Å². The van der Waals surface area contributed by atoms with E-state index < -0.39 is 5.54 Å². The Hall–Kier alpha value is -0.650. The molecular formula is C16H33N3O2. The molecule has 0 aromatic carbocycles. The fraction of sp³-hybridized carbons (Fsp3) is 0.938. The summed E-state index contributed by atoms with van der Waals surface area (Å²) in [4.78, 5) is 14.1. The second kappa shape index (κ2) is 9.38. The van der Waals surface area contributed by atoms with E-state index in [2.05, 4.69) is 17.1 Å². The molecule has 1 aliphatic carbocycles. The van der Waals surface area contributed by atoms with Crippen LogP contribution in [0.4, 0.5) is 0 Å². The fourth-order valence-electron chi connectivity index (χ4n) is 2.52. The van der Waals surface area contributed by atoms with Gasteiger partial charge in [0.2, 0.25) is 5.91 Å². The van der Waals surface area contributed by atoms with E-state index >= 15 is 0 Å². The van der Waals surface area contributed by atoms with E-state index in [1.54, 1.807) is 0 Å². The first kappa shape index (κ1) is 18.4. The zero-order valence-corrected chi connectivity index (χ0v) is 14.0. The number of amides is 1. The smallest absolute Gasteiger partial charge is 0.237 e. The molecule has 0 aliphatic heterocycles. The Morgan fingerprint density at radius 1 is 1.33 bits per heavy atom. The standard InChI is InChI=1S/C16H33N3O2/c1-4-19(12-13-21-5-2)11-7-6-10-16(3,15(17)20)18-14-8-9-14/h14,18H,4-13H2,1-3H3,(H2,17,20). The number of primary amides is 1. The van der Waals surface area contributed by atoms with Gasteiger partial charge in [-0.25, -0.2) is 0 Å². The largest absolute Gasteiger partial charge is 0.380 e. The maximum absolute atomic E-state index is 11.7. The highest BCUT2D eigenvalue weighted by atomic mass is 16.5. The lowest BCUT2D eigenvalue weighted by Gasteiger charge is -2.28. The molecule has 0 aromatic rings. The van der Waals surface area contributed by atoms with Crippen molar-refractivity contribution in [3.8, 4) is 0 Å². The molecule has 1 aliphatic rings. The van der Waals surface area contributed by atoms with Gasteiger partial charge in [-0.3, -0.25) is 4.79 Å². The third kappa shape index (κ3) is 7.25. The van der Waals surface area contributed by atoms with Crippen LogP contribution in [0.2, 0.25) is 0 Å². The van der Waals surface area contributed by atoms with Gasteiger partial charge in [0, 0.05) is 19.2 Å². The van der Waals surface area contributed by atoms with Gasteiger partial charge >= 0.3 is 0 Å². The first-order chi connectivity index (χ1) is 10.0. The molecule has 0 saturated heterocycles. The summed E-state index contributed by atoms with van der Waals surface area (Å²) in [5.41, 5.74) is 5.03. The molecule has 1 saturated carbocycles. The molecule has 0 radical (unpaired) electrons. The minimum Gasteiger partial charge on any atom is -0.380 e. The Bertz CT molecular complexity index is 308. The molecule has 0 heterocycles. The maximum atomic E-state index is 11.7. The number of ether oxygens (including phenoxy) is 1. The SMILES string of the molecule is CCOCCN(CC)CCCCC(C)(NC1CC1)C(N)=O. The maximum Gasteiger partial charge on any atom is 0.237 e. The second-order valence-corrected chi connectivity index (χ2v) is 6.20. The van der Waals surface area contributed by atoms with Gasteiger partial charge in [-0.05, 0) is 59.0 Å². The molecule has 124 valence electrons. The van der Waals surface area contributed by atoms with Gasteiger partial charge in [0.1, 0.15) is 0 Å². The van der Waals surface area contributed by atoms with Crippen LogP contribution in [0.15, 0.2) is 0 Å². The molecule has 1 rings (SSSR count). The fourth-order valence-corrected chi connectivity index (χ4v) is 2.52. The molecular weight excluding hydrogens is 266 g/mol. The summed E-state index contributed by atoms with van der Waals surface area (Å²) in [5.74, 6) is -0.224. The summed E-state index contributed by atoms with van der Waals surface area (Å²) in [6.07, 6.45) is 5.27. The predicted octanol–water partition coefficient (Wildman–Crippen LogP) is 1.51. The Balaban J connectivity index is 2.21. The van der Waals surface area contributed by atoms with Gasteiger partial charge in [-0.1, -0.05) is 6.92 Å². The number of nitrogens with zero attached hydrogens (tertiary/aromatic N) is 1. The molecule has 1 amide bonds. The first-order valence-electron chi connectivity index (χ1n) is 8.39. The van der Waals surface area contributed by atoms with Gasteiger partial charge in [0.15, 0.2) is 0 Å². The van der Waals surface area contributed by atoms with Gasteiger partial charge < -0.3 is 20.7 Å². The topological polar surface area (TPSA) is 67.6 Å². The van der Waals surface area contributed by atoms with E-state index in [4.69, 9.17) is 10.5 Å². The quantitative estimate of drug-likeness (QED) is 0.506. The van der Waals surface area contributed by atoms with Gasteiger partial charge in [-0.2, -0.15) is 0 Å². The van der Waals surface area contributed by atoms with Gasteiger partial charge in [-0.15, -0.1) is 0 Å². The normalized spacial score (nSPS) is 17.9. The van der Waals surface area contributed by atoms with Crippen LogP contribution in [0, 0.1) is 0 Å². The highest BCUT2D eigenvalue weighted by molar-refractivity contribution is 5.84. The number of nitrogens with one attached hydrogen (secondary N) is 1. The van der Waals surface area contributed by atoms with Crippen molar-refractivity contribution in [1.82, 2.24) is 10.2 Å². The van der Waals surface area contributed by atoms with Crippen molar-refractivity contribution < 1.29 is 9.53 Å². The van der Waals surface area contributed by atoms with Crippen molar-refractivity contribution in [1.29, 1.82) is 0 Å².